The Morgan fingerprint density at radius 2 is 2.15 bits per heavy atom. The number of nitrogens with one attached hydrogen (secondary N) is 1. The molecule has 1 aromatic carbocycles. The average molecular weight is 346 g/mol. The molecule has 2 rings (SSSR count). The van der Waals surface area contributed by atoms with E-state index < -0.39 is 0 Å². The predicted molar refractivity (Wildman–Crippen MR) is 79.3 cm³/mol. The molecule has 0 fully saturated rings. The Balaban J connectivity index is 1.64. The minimum Gasteiger partial charge on any atom is -0.454 e. The first-order chi connectivity index (χ1) is 9.81. The van der Waals surface area contributed by atoms with Gasteiger partial charge in [-0.2, -0.15) is 0 Å². The molecular formula is C14H20BrNO4. The van der Waals surface area contributed by atoms with Crippen LogP contribution in [-0.2, 0) is 16.0 Å². The van der Waals surface area contributed by atoms with E-state index in [4.69, 9.17) is 18.9 Å². The van der Waals surface area contributed by atoms with Crippen molar-refractivity contribution in [1.82, 2.24) is 5.32 Å². The molecule has 20 heavy (non-hydrogen) atoms. The van der Waals surface area contributed by atoms with Crippen LogP contribution in [0.3, 0.4) is 0 Å². The molecule has 0 amide bonds. The molecule has 1 aliphatic rings. The van der Waals surface area contributed by atoms with E-state index in [2.05, 4.69) is 27.3 Å². The van der Waals surface area contributed by atoms with Crippen LogP contribution >= 0.6 is 15.9 Å². The van der Waals surface area contributed by atoms with Crippen molar-refractivity contribution in [2.45, 2.75) is 13.0 Å². The van der Waals surface area contributed by atoms with Gasteiger partial charge in [-0.25, -0.2) is 0 Å². The second kappa shape index (κ2) is 8.46. The molecule has 0 spiro atoms. The molecule has 0 aromatic heterocycles. The van der Waals surface area contributed by atoms with Crippen molar-refractivity contribution in [1.29, 1.82) is 0 Å². The van der Waals surface area contributed by atoms with Crippen LogP contribution in [0.4, 0.5) is 0 Å². The van der Waals surface area contributed by atoms with Crippen molar-refractivity contribution in [2.24, 2.45) is 0 Å². The summed E-state index contributed by atoms with van der Waals surface area (Å²) in [6.07, 6.45) is 0.982. The molecule has 0 bridgehead atoms. The molecule has 0 saturated heterocycles. The van der Waals surface area contributed by atoms with Gasteiger partial charge >= 0.3 is 0 Å². The van der Waals surface area contributed by atoms with Gasteiger partial charge in [0.05, 0.1) is 17.7 Å². The monoisotopic (exact) mass is 345 g/mol. The smallest absolute Gasteiger partial charge is 0.231 e. The normalized spacial score (nSPS) is 12.9. The number of methoxy groups -OCH3 is 1. The lowest BCUT2D eigenvalue weighted by atomic mass is 10.2. The van der Waals surface area contributed by atoms with E-state index in [9.17, 15) is 0 Å². The van der Waals surface area contributed by atoms with Crippen molar-refractivity contribution in [3.8, 4) is 11.5 Å². The summed E-state index contributed by atoms with van der Waals surface area (Å²) >= 11 is 3.49. The number of hydrogen-bond donors (Lipinski definition) is 1. The van der Waals surface area contributed by atoms with Crippen LogP contribution in [0.2, 0.25) is 0 Å². The molecule has 1 heterocycles. The second-order valence-corrected chi connectivity index (χ2v) is 5.30. The van der Waals surface area contributed by atoms with Crippen LogP contribution in [0.1, 0.15) is 12.0 Å². The highest BCUT2D eigenvalue weighted by atomic mass is 79.9. The highest BCUT2D eigenvalue weighted by molar-refractivity contribution is 9.10. The Morgan fingerprint density at radius 3 is 3.00 bits per heavy atom. The van der Waals surface area contributed by atoms with Crippen LogP contribution in [0.5, 0.6) is 11.5 Å². The van der Waals surface area contributed by atoms with Gasteiger partial charge in [-0.1, -0.05) is 0 Å². The van der Waals surface area contributed by atoms with Crippen molar-refractivity contribution < 1.29 is 18.9 Å². The van der Waals surface area contributed by atoms with Crippen LogP contribution in [0.25, 0.3) is 0 Å². The number of rotatable bonds is 9. The highest BCUT2D eigenvalue weighted by Gasteiger charge is 2.17. The maximum Gasteiger partial charge on any atom is 0.231 e. The first kappa shape index (κ1) is 15.6. The molecular weight excluding hydrogens is 326 g/mol. The Kier molecular flexibility index (Phi) is 6.59. The zero-order chi connectivity index (χ0) is 14.2. The first-order valence-electron chi connectivity index (χ1n) is 6.66. The largest absolute Gasteiger partial charge is 0.454 e. The Morgan fingerprint density at radius 1 is 1.25 bits per heavy atom. The zero-order valence-corrected chi connectivity index (χ0v) is 13.2. The fraction of sp³-hybridized carbons (Fsp3) is 0.571. The van der Waals surface area contributed by atoms with Crippen LogP contribution < -0.4 is 14.8 Å². The Bertz CT molecular complexity index is 428. The minimum absolute atomic E-state index is 0.295. The summed E-state index contributed by atoms with van der Waals surface area (Å²) in [7, 11) is 1.68. The van der Waals surface area contributed by atoms with Crippen LogP contribution in [0.15, 0.2) is 16.6 Å². The fourth-order valence-corrected chi connectivity index (χ4v) is 2.50. The van der Waals surface area contributed by atoms with Gasteiger partial charge in [0.25, 0.3) is 0 Å². The van der Waals surface area contributed by atoms with Gasteiger partial charge in [0.15, 0.2) is 11.5 Å². The quantitative estimate of drug-likeness (QED) is 0.696. The molecule has 1 aliphatic heterocycles. The summed E-state index contributed by atoms with van der Waals surface area (Å²) in [6, 6.07) is 4.06. The van der Waals surface area contributed by atoms with Crippen molar-refractivity contribution >= 4 is 15.9 Å². The van der Waals surface area contributed by atoms with Crippen LogP contribution in [0, 0.1) is 0 Å². The SMILES string of the molecule is COCCOCCCNCc1cc(Br)c2c(c1)OCO2. The molecule has 0 radical (unpaired) electrons. The first-order valence-corrected chi connectivity index (χ1v) is 7.46. The number of ether oxygens (including phenoxy) is 4. The van der Waals surface area contributed by atoms with Gasteiger partial charge < -0.3 is 24.3 Å². The Hall–Kier alpha value is -0.820. The lowest BCUT2D eigenvalue weighted by Crippen LogP contribution is -2.17. The molecule has 112 valence electrons. The standard InChI is InChI=1S/C14H20BrNO4/c1-17-5-6-18-4-2-3-16-9-11-7-12(15)14-13(8-11)19-10-20-14/h7-8,16H,2-6,9-10H2,1H3. The van der Waals surface area contributed by atoms with E-state index in [-0.39, 0.29) is 0 Å². The summed E-state index contributed by atoms with van der Waals surface area (Å²) in [6.45, 7) is 4.07. The molecule has 1 N–H and O–H groups in total. The van der Waals surface area contributed by atoms with Crippen molar-refractivity contribution in [2.75, 3.05) is 40.3 Å². The van der Waals surface area contributed by atoms with E-state index in [1.807, 2.05) is 6.07 Å². The second-order valence-electron chi connectivity index (χ2n) is 4.45. The molecule has 6 heteroatoms. The van der Waals surface area contributed by atoms with Crippen LogP contribution in [-0.4, -0.2) is 40.3 Å². The lowest BCUT2D eigenvalue weighted by molar-refractivity contribution is 0.0695. The van der Waals surface area contributed by atoms with E-state index in [1.54, 1.807) is 7.11 Å². The average Bonchev–Trinajstić information content (AvgIpc) is 2.91. The predicted octanol–water partition coefficient (Wildman–Crippen LogP) is 2.32. The number of halogens is 1. The van der Waals surface area contributed by atoms with E-state index in [0.29, 0.717) is 20.0 Å². The number of fused-ring (bicyclic) bond motifs is 1. The molecule has 0 aliphatic carbocycles. The van der Waals surface area contributed by atoms with Crippen molar-refractivity contribution in [3.63, 3.8) is 0 Å². The number of hydrogen-bond acceptors (Lipinski definition) is 5. The fourth-order valence-electron chi connectivity index (χ4n) is 1.90. The van der Waals surface area contributed by atoms with Gasteiger partial charge in [-0.05, 0) is 46.6 Å². The van der Waals surface area contributed by atoms with Gasteiger partial charge in [-0.15, -0.1) is 0 Å². The van der Waals surface area contributed by atoms with Gasteiger partial charge in [0, 0.05) is 20.3 Å². The van der Waals surface area contributed by atoms with Crippen molar-refractivity contribution in [3.05, 3.63) is 22.2 Å². The third-order valence-corrected chi connectivity index (χ3v) is 3.48. The zero-order valence-electron chi connectivity index (χ0n) is 11.6. The molecule has 0 saturated carbocycles. The Labute approximate surface area is 127 Å². The minimum atomic E-state index is 0.295. The third kappa shape index (κ3) is 4.63. The maximum atomic E-state index is 5.40. The summed E-state index contributed by atoms with van der Waals surface area (Å²) in [5.74, 6) is 1.60. The summed E-state index contributed by atoms with van der Waals surface area (Å²) in [4.78, 5) is 0. The van der Waals surface area contributed by atoms with E-state index >= 15 is 0 Å². The van der Waals surface area contributed by atoms with Gasteiger partial charge in [-0.3, -0.25) is 0 Å². The van der Waals surface area contributed by atoms with E-state index in [0.717, 1.165) is 42.1 Å². The summed E-state index contributed by atoms with van der Waals surface area (Å²) < 4.78 is 22.0. The third-order valence-electron chi connectivity index (χ3n) is 2.89. The lowest BCUT2D eigenvalue weighted by Gasteiger charge is -2.08. The number of benzene rings is 1. The molecule has 0 unspecified atom stereocenters. The molecule has 1 aromatic rings. The summed E-state index contributed by atoms with van der Waals surface area (Å²) in [5, 5.41) is 3.38. The summed E-state index contributed by atoms with van der Waals surface area (Å²) in [5.41, 5.74) is 1.17. The van der Waals surface area contributed by atoms with Gasteiger partial charge in [0.1, 0.15) is 0 Å². The van der Waals surface area contributed by atoms with Gasteiger partial charge in [0.2, 0.25) is 6.79 Å². The van der Waals surface area contributed by atoms with E-state index in [1.165, 1.54) is 5.56 Å². The highest BCUT2D eigenvalue weighted by Crippen LogP contribution is 2.39. The molecule has 5 nitrogen and oxygen atoms in total. The molecule has 0 atom stereocenters. The topological polar surface area (TPSA) is 49.0 Å². The maximum absolute atomic E-state index is 5.40.